The maximum atomic E-state index is 13.0. The van der Waals surface area contributed by atoms with E-state index in [0.29, 0.717) is 11.4 Å². The van der Waals surface area contributed by atoms with Crippen LogP contribution in [0.1, 0.15) is 12.5 Å². The van der Waals surface area contributed by atoms with Crippen molar-refractivity contribution in [3.63, 3.8) is 0 Å². The van der Waals surface area contributed by atoms with Crippen LogP contribution in [0.25, 0.3) is 0 Å². The van der Waals surface area contributed by atoms with Gasteiger partial charge in [-0.1, -0.05) is 13.0 Å². The van der Waals surface area contributed by atoms with Gasteiger partial charge in [0.15, 0.2) is 0 Å². The first-order valence-corrected chi connectivity index (χ1v) is 7.69. The van der Waals surface area contributed by atoms with Crippen molar-refractivity contribution in [2.45, 2.75) is 19.5 Å². The second kappa shape index (κ2) is 7.20. The number of carboxylic acid groups (broad SMARTS) is 1. The van der Waals surface area contributed by atoms with E-state index in [2.05, 4.69) is 5.32 Å². The number of aliphatic carboxylic acids is 1. The lowest BCUT2D eigenvalue weighted by Crippen LogP contribution is -2.35. The minimum Gasteiger partial charge on any atom is -0.496 e. The molecule has 6 nitrogen and oxygen atoms in total. The van der Waals surface area contributed by atoms with E-state index >= 15 is 0 Å². The van der Waals surface area contributed by atoms with E-state index in [0.717, 1.165) is 16.9 Å². The second-order valence-corrected chi connectivity index (χ2v) is 5.81. The van der Waals surface area contributed by atoms with Crippen LogP contribution in [0.4, 0.5) is 23.7 Å². The molecule has 1 aromatic carbocycles. The predicted octanol–water partition coefficient (Wildman–Crippen LogP) is 2.98. The summed E-state index contributed by atoms with van der Waals surface area (Å²) < 4.78 is 44.1. The molecule has 0 aromatic heterocycles. The van der Waals surface area contributed by atoms with Crippen LogP contribution in [0.2, 0.25) is 0 Å². The second-order valence-electron chi connectivity index (χ2n) is 5.81. The molecule has 0 spiro atoms. The summed E-state index contributed by atoms with van der Waals surface area (Å²) in [5.74, 6) is -4.75. The lowest BCUT2D eigenvalue weighted by Gasteiger charge is -2.19. The average molecular weight is 360 g/mol. The number of hydrogen-bond acceptors (Lipinski definition) is 3. The van der Waals surface area contributed by atoms with Crippen LogP contribution in [-0.4, -0.2) is 48.4 Å². The van der Waals surface area contributed by atoms with Crippen LogP contribution in [0.5, 0.6) is 5.75 Å². The van der Waals surface area contributed by atoms with Gasteiger partial charge in [0.2, 0.25) is 0 Å². The number of carboxylic acids is 1. The normalized spacial score (nSPS) is 20.4. The van der Waals surface area contributed by atoms with Crippen molar-refractivity contribution in [1.82, 2.24) is 4.90 Å². The van der Waals surface area contributed by atoms with Gasteiger partial charge in [-0.05, 0) is 18.1 Å². The fraction of sp³-hybridized carbons (Fsp3) is 0.500. The molecule has 1 heterocycles. The summed E-state index contributed by atoms with van der Waals surface area (Å²) in [5, 5.41) is 11.5. The van der Waals surface area contributed by atoms with Gasteiger partial charge in [0.1, 0.15) is 5.75 Å². The molecule has 1 aliphatic rings. The summed E-state index contributed by atoms with van der Waals surface area (Å²) in [6.07, 6.45) is -3.96. The highest BCUT2D eigenvalue weighted by Gasteiger charge is 2.53. The number of hydrogen-bond donors (Lipinski definition) is 2. The lowest BCUT2D eigenvalue weighted by atomic mass is 9.96. The van der Waals surface area contributed by atoms with Crippen LogP contribution >= 0.6 is 0 Å². The Bertz CT molecular complexity index is 663. The molecule has 1 aromatic rings. The number of anilines is 1. The van der Waals surface area contributed by atoms with Gasteiger partial charge < -0.3 is 20.1 Å². The number of methoxy groups -OCH3 is 1. The Labute approximate surface area is 142 Å². The standard InChI is InChI=1S/C16H19F3N2O4/c1-3-9-4-5-10(6-13(9)25-2)20-15(24)21-7-11(14(22)23)12(8-21)16(17,18)19/h4-6,11-12H,3,7-8H2,1-2H3,(H,20,24)(H,22,23)/t11-,12-/m1/s1. The van der Waals surface area contributed by atoms with E-state index in [-0.39, 0.29) is 0 Å². The van der Waals surface area contributed by atoms with E-state index in [1.54, 1.807) is 18.2 Å². The van der Waals surface area contributed by atoms with Crippen molar-refractivity contribution in [2.75, 3.05) is 25.5 Å². The molecule has 9 heteroatoms. The van der Waals surface area contributed by atoms with Crippen molar-refractivity contribution < 1.29 is 32.6 Å². The molecule has 0 saturated carbocycles. The Morgan fingerprint density at radius 2 is 2.04 bits per heavy atom. The largest absolute Gasteiger partial charge is 0.496 e. The molecule has 0 radical (unpaired) electrons. The number of rotatable bonds is 4. The molecule has 1 saturated heterocycles. The Kier molecular flexibility index (Phi) is 5.44. The molecule has 1 fully saturated rings. The zero-order valence-corrected chi connectivity index (χ0v) is 13.8. The highest BCUT2D eigenvalue weighted by atomic mass is 19.4. The topological polar surface area (TPSA) is 78.9 Å². The first kappa shape index (κ1) is 18.9. The number of ether oxygens (including phenoxy) is 1. The maximum Gasteiger partial charge on any atom is 0.394 e. The van der Waals surface area contributed by atoms with Crippen LogP contribution in [0, 0.1) is 11.8 Å². The number of carbonyl (C=O) groups excluding carboxylic acids is 1. The Morgan fingerprint density at radius 3 is 2.52 bits per heavy atom. The molecule has 1 aliphatic heterocycles. The van der Waals surface area contributed by atoms with E-state index < -0.39 is 43.1 Å². The summed E-state index contributed by atoms with van der Waals surface area (Å²) in [6, 6.07) is 4.16. The number of nitrogens with one attached hydrogen (secondary N) is 1. The zero-order chi connectivity index (χ0) is 18.8. The Balaban J connectivity index is 2.12. The number of carbonyl (C=O) groups is 2. The molecule has 0 bridgehead atoms. The number of urea groups is 1. The van der Waals surface area contributed by atoms with Crippen molar-refractivity contribution in [1.29, 1.82) is 0 Å². The minimum absolute atomic E-state index is 0.362. The fourth-order valence-corrected chi connectivity index (χ4v) is 2.87. The maximum absolute atomic E-state index is 13.0. The lowest BCUT2D eigenvalue weighted by molar-refractivity contribution is -0.187. The third kappa shape index (κ3) is 4.15. The van der Waals surface area contributed by atoms with Gasteiger partial charge in [0.05, 0.1) is 18.9 Å². The number of aryl methyl sites for hydroxylation is 1. The summed E-state index contributed by atoms with van der Waals surface area (Å²) in [6.45, 7) is 0.760. The third-order valence-electron chi connectivity index (χ3n) is 4.26. The Morgan fingerprint density at radius 1 is 1.36 bits per heavy atom. The molecular weight excluding hydrogens is 341 g/mol. The van der Waals surface area contributed by atoms with Gasteiger partial charge in [0, 0.05) is 24.8 Å². The highest BCUT2D eigenvalue weighted by molar-refractivity contribution is 5.90. The summed E-state index contributed by atoms with van der Waals surface area (Å²) in [7, 11) is 1.48. The van der Waals surface area contributed by atoms with Gasteiger partial charge in [0.25, 0.3) is 0 Å². The number of halogens is 3. The molecule has 0 unspecified atom stereocenters. The van der Waals surface area contributed by atoms with Crippen LogP contribution in [0.3, 0.4) is 0 Å². The van der Waals surface area contributed by atoms with Gasteiger partial charge >= 0.3 is 18.2 Å². The SMILES string of the molecule is CCc1ccc(NC(=O)N2C[C@@H](C(F)(F)F)[C@H](C(=O)O)C2)cc1OC. The number of nitrogens with zero attached hydrogens (tertiary/aromatic N) is 1. The number of likely N-dealkylation sites (tertiary alicyclic amines) is 1. The smallest absolute Gasteiger partial charge is 0.394 e. The van der Waals surface area contributed by atoms with E-state index in [4.69, 9.17) is 9.84 Å². The molecule has 2 amide bonds. The van der Waals surface area contributed by atoms with Gasteiger partial charge in [-0.15, -0.1) is 0 Å². The quantitative estimate of drug-likeness (QED) is 0.865. The van der Waals surface area contributed by atoms with Crippen molar-refractivity contribution in [3.8, 4) is 5.75 Å². The molecule has 2 atom stereocenters. The van der Waals surface area contributed by atoms with Crippen molar-refractivity contribution in [3.05, 3.63) is 23.8 Å². The van der Waals surface area contributed by atoms with Crippen molar-refractivity contribution in [2.24, 2.45) is 11.8 Å². The molecular formula is C16H19F3N2O4. The molecule has 2 rings (SSSR count). The van der Waals surface area contributed by atoms with E-state index in [9.17, 15) is 22.8 Å². The highest BCUT2D eigenvalue weighted by Crippen LogP contribution is 2.38. The monoisotopic (exact) mass is 360 g/mol. The van der Waals surface area contributed by atoms with E-state index in [1.807, 2.05) is 6.92 Å². The first-order chi connectivity index (χ1) is 11.7. The number of benzene rings is 1. The average Bonchev–Trinajstić information content (AvgIpc) is 3.00. The summed E-state index contributed by atoms with van der Waals surface area (Å²) >= 11 is 0. The van der Waals surface area contributed by atoms with Crippen LogP contribution in [0.15, 0.2) is 18.2 Å². The van der Waals surface area contributed by atoms with Crippen LogP contribution in [-0.2, 0) is 11.2 Å². The molecule has 25 heavy (non-hydrogen) atoms. The first-order valence-electron chi connectivity index (χ1n) is 7.69. The summed E-state index contributed by atoms with van der Waals surface area (Å²) in [5.41, 5.74) is 1.28. The van der Waals surface area contributed by atoms with E-state index in [1.165, 1.54) is 7.11 Å². The molecule has 138 valence electrons. The van der Waals surface area contributed by atoms with Crippen molar-refractivity contribution >= 4 is 17.7 Å². The van der Waals surface area contributed by atoms with Crippen LogP contribution < -0.4 is 10.1 Å². The zero-order valence-electron chi connectivity index (χ0n) is 13.8. The molecule has 0 aliphatic carbocycles. The third-order valence-corrected chi connectivity index (χ3v) is 4.26. The number of alkyl halides is 3. The van der Waals surface area contributed by atoms with Gasteiger partial charge in [-0.3, -0.25) is 4.79 Å². The van der Waals surface area contributed by atoms with Gasteiger partial charge in [-0.2, -0.15) is 13.2 Å². The van der Waals surface area contributed by atoms with Gasteiger partial charge in [-0.25, -0.2) is 4.79 Å². The molecule has 2 N–H and O–H groups in total. The number of amides is 2. The summed E-state index contributed by atoms with van der Waals surface area (Å²) in [4.78, 5) is 24.2. The minimum atomic E-state index is -4.68. The Hall–Kier alpha value is -2.45. The fourth-order valence-electron chi connectivity index (χ4n) is 2.87. The predicted molar refractivity (Wildman–Crippen MR) is 83.6 cm³/mol.